The molecule has 0 aliphatic carbocycles. The summed E-state index contributed by atoms with van der Waals surface area (Å²) in [5.41, 5.74) is 0.351. The highest BCUT2D eigenvalue weighted by Gasteiger charge is 2.15. The van der Waals surface area contributed by atoms with Gasteiger partial charge in [0, 0.05) is 6.42 Å². The Balaban J connectivity index is 1.94. The van der Waals surface area contributed by atoms with Crippen LogP contribution in [0.15, 0.2) is 24.3 Å². The van der Waals surface area contributed by atoms with Crippen LogP contribution in [0.4, 0.5) is 10.3 Å². The number of benzene rings is 1. The molecule has 1 unspecified atom stereocenters. The van der Waals surface area contributed by atoms with Crippen molar-refractivity contribution in [2.24, 2.45) is 0 Å². The van der Waals surface area contributed by atoms with Crippen molar-refractivity contribution in [3.63, 3.8) is 0 Å². The highest BCUT2D eigenvalue weighted by Crippen LogP contribution is 2.17. The van der Waals surface area contributed by atoms with E-state index < -0.39 is 17.8 Å². The molecular weight excluding hydrogens is 263 g/mol. The molecule has 1 atom stereocenters. The van der Waals surface area contributed by atoms with Crippen molar-refractivity contribution in [2.75, 3.05) is 5.32 Å². The summed E-state index contributed by atoms with van der Waals surface area (Å²) >= 11 is 0. The van der Waals surface area contributed by atoms with Crippen LogP contribution in [-0.4, -0.2) is 26.2 Å². The second-order valence-corrected chi connectivity index (χ2v) is 4.28. The molecular formula is C13H15FN4O2. The van der Waals surface area contributed by atoms with Crippen LogP contribution >= 0.6 is 0 Å². The van der Waals surface area contributed by atoms with Gasteiger partial charge in [0.15, 0.2) is 0 Å². The molecule has 2 rings (SSSR count). The zero-order valence-electron chi connectivity index (χ0n) is 10.9. The minimum atomic E-state index is -1.07. The van der Waals surface area contributed by atoms with E-state index in [2.05, 4.69) is 20.5 Å². The predicted octanol–water partition coefficient (Wildman–Crippen LogP) is 1.57. The SMILES string of the molecule is CCc1nc(NC(=O)CC(O)c2cccc(F)c2)n[nH]1. The molecule has 0 bridgehead atoms. The standard InChI is InChI=1S/C13H15FN4O2/c1-2-11-15-13(18-17-11)16-12(20)7-10(19)8-4-3-5-9(14)6-8/h3-6,10,19H,2,7H2,1H3,(H2,15,16,17,18,20). The van der Waals surface area contributed by atoms with E-state index in [0.29, 0.717) is 17.8 Å². The third-order valence-corrected chi connectivity index (χ3v) is 2.73. The van der Waals surface area contributed by atoms with E-state index in [1.165, 1.54) is 18.2 Å². The summed E-state index contributed by atoms with van der Waals surface area (Å²) in [6.45, 7) is 1.90. The molecule has 1 aromatic heterocycles. The molecule has 7 heteroatoms. The smallest absolute Gasteiger partial charge is 0.248 e. The lowest BCUT2D eigenvalue weighted by atomic mass is 10.1. The first-order valence-corrected chi connectivity index (χ1v) is 6.23. The molecule has 0 saturated heterocycles. The number of aromatic nitrogens is 3. The fourth-order valence-corrected chi connectivity index (χ4v) is 1.69. The van der Waals surface area contributed by atoms with E-state index in [9.17, 15) is 14.3 Å². The number of hydrogen-bond acceptors (Lipinski definition) is 4. The third kappa shape index (κ3) is 3.61. The molecule has 106 valence electrons. The Bertz CT molecular complexity index is 600. The van der Waals surface area contributed by atoms with Gasteiger partial charge in [-0.25, -0.2) is 4.39 Å². The van der Waals surface area contributed by atoms with Crippen LogP contribution in [0.3, 0.4) is 0 Å². The number of carbonyl (C=O) groups excluding carboxylic acids is 1. The summed E-state index contributed by atoms with van der Waals surface area (Å²) in [4.78, 5) is 15.7. The minimum absolute atomic E-state index is 0.165. The van der Waals surface area contributed by atoms with Gasteiger partial charge in [0.05, 0.1) is 12.5 Å². The molecule has 3 N–H and O–H groups in total. The van der Waals surface area contributed by atoms with E-state index in [1.807, 2.05) is 6.92 Å². The maximum Gasteiger partial charge on any atom is 0.248 e. The van der Waals surface area contributed by atoms with Crippen LogP contribution in [0.1, 0.15) is 30.8 Å². The van der Waals surface area contributed by atoms with Gasteiger partial charge in [-0.15, -0.1) is 5.10 Å². The van der Waals surface area contributed by atoms with Crippen molar-refractivity contribution in [1.82, 2.24) is 15.2 Å². The van der Waals surface area contributed by atoms with E-state index >= 15 is 0 Å². The van der Waals surface area contributed by atoms with Crippen molar-refractivity contribution in [2.45, 2.75) is 25.9 Å². The number of H-pyrrole nitrogens is 1. The van der Waals surface area contributed by atoms with Crippen LogP contribution < -0.4 is 5.32 Å². The summed E-state index contributed by atoms with van der Waals surface area (Å²) in [7, 11) is 0. The lowest BCUT2D eigenvalue weighted by molar-refractivity contribution is -0.118. The second kappa shape index (κ2) is 6.25. The fourth-order valence-electron chi connectivity index (χ4n) is 1.69. The lowest BCUT2D eigenvalue weighted by Gasteiger charge is -2.10. The Kier molecular flexibility index (Phi) is 4.41. The fraction of sp³-hybridized carbons (Fsp3) is 0.308. The molecule has 20 heavy (non-hydrogen) atoms. The quantitative estimate of drug-likeness (QED) is 0.774. The first-order valence-electron chi connectivity index (χ1n) is 6.23. The zero-order valence-corrected chi connectivity index (χ0v) is 10.9. The van der Waals surface area contributed by atoms with Crippen molar-refractivity contribution >= 4 is 11.9 Å². The average molecular weight is 278 g/mol. The molecule has 1 aromatic carbocycles. The highest BCUT2D eigenvalue weighted by atomic mass is 19.1. The number of aliphatic hydroxyl groups is 1. The number of hydrogen-bond donors (Lipinski definition) is 3. The molecule has 2 aromatic rings. The molecule has 0 radical (unpaired) electrons. The van der Waals surface area contributed by atoms with Crippen LogP contribution in [0.2, 0.25) is 0 Å². The number of nitrogens with one attached hydrogen (secondary N) is 2. The van der Waals surface area contributed by atoms with Crippen LogP contribution in [0, 0.1) is 5.82 Å². The number of aliphatic hydroxyl groups excluding tert-OH is 1. The molecule has 0 spiro atoms. The minimum Gasteiger partial charge on any atom is -0.388 e. The molecule has 0 saturated carbocycles. The van der Waals surface area contributed by atoms with Crippen LogP contribution in [-0.2, 0) is 11.2 Å². The number of anilines is 1. The largest absolute Gasteiger partial charge is 0.388 e. The van der Waals surface area contributed by atoms with Crippen molar-refractivity contribution in [3.8, 4) is 0 Å². The Labute approximate surface area is 115 Å². The van der Waals surface area contributed by atoms with Crippen molar-refractivity contribution < 1.29 is 14.3 Å². The molecule has 1 heterocycles. The van der Waals surface area contributed by atoms with Crippen LogP contribution in [0.5, 0.6) is 0 Å². The van der Waals surface area contributed by atoms with Crippen LogP contribution in [0.25, 0.3) is 0 Å². The van der Waals surface area contributed by atoms with Gasteiger partial charge in [-0.2, -0.15) is 4.98 Å². The van der Waals surface area contributed by atoms with E-state index in [0.717, 1.165) is 0 Å². The summed E-state index contributed by atoms with van der Waals surface area (Å²) in [6.07, 6.45) is -0.593. The second-order valence-electron chi connectivity index (χ2n) is 4.28. The summed E-state index contributed by atoms with van der Waals surface area (Å²) in [5, 5.41) is 18.8. The van der Waals surface area contributed by atoms with E-state index in [-0.39, 0.29) is 12.4 Å². The number of rotatable bonds is 5. The molecule has 1 amide bonds. The van der Waals surface area contributed by atoms with E-state index in [1.54, 1.807) is 6.07 Å². The number of nitrogens with zero attached hydrogens (tertiary/aromatic N) is 2. The zero-order chi connectivity index (χ0) is 14.5. The summed E-state index contributed by atoms with van der Waals surface area (Å²) < 4.78 is 13.0. The van der Waals surface area contributed by atoms with Gasteiger partial charge in [0.2, 0.25) is 11.9 Å². The van der Waals surface area contributed by atoms with Gasteiger partial charge in [-0.05, 0) is 17.7 Å². The number of aromatic amines is 1. The maximum absolute atomic E-state index is 13.0. The first kappa shape index (κ1) is 14.1. The predicted molar refractivity (Wildman–Crippen MR) is 70.4 cm³/mol. The van der Waals surface area contributed by atoms with E-state index in [4.69, 9.17) is 0 Å². The topological polar surface area (TPSA) is 90.9 Å². The summed E-state index contributed by atoms with van der Waals surface area (Å²) in [6, 6.07) is 5.51. The van der Waals surface area contributed by atoms with Gasteiger partial charge in [-0.3, -0.25) is 15.2 Å². The average Bonchev–Trinajstić information content (AvgIpc) is 2.86. The van der Waals surface area contributed by atoms with Crippen molar-refractivity contribution in [1.29, 1.82) is 0 Å². The normalized spacial score (nSPS) is 12.2. The first-order chi connectivity index (χ1) is 9.58. The molecule has 6 nitrogen and oxygen atoms in total. The Morgan fingerprint density at radius 2 is 2.35 bits per heavy atom. The van der Waals surface area contributed by atoms with Gasteiger partial charge in [-0.1, -0.05) is 19.1 Å². The molecule has 0 fully saturated rings. The number of amides is 1. The molecule has 0 aliphatic rings. The number of halogens is 1. The third-order valence-electron chi connectivity index (χ3n) is 2.73. The van der Waals surface area contributed by atoms with Gasteiger partial charge >= 0.3 is 0 Å². The Morgan fingerprint density at radius 1 is 1.55 bits per heavy atom. The molecule has 0 aliphatic heterocycles. The van der Waals surface area contributed by atoms with Gasteiger partial charge in [0.1, 0.15) is 11.6 Å². The highest BCUT2D eigenvalue weighted by molar-refractivity contribution is 5.89. The number of carbonyl (C=O) groups is 1. The summed E-state index contributed by atoms with van der Waals surface area (Å²) in [5.74, 6) is -0.0730. The number of aryl methyl sites for hydroxylation is 1. The maximum atomic E-state index is 13.0. The Hall–Kier alpha value is -2.28. The monoisotopic (exact) mass is 278 g/mol. The van der Waals surface area contributed by atoms with Crippen molar-refractivity contribution in [3.05, 3.63) is 41.5 Å². The van der Waals surface area contributed by atoms with Gasteiger partial charge < -0.3 is 5.11 Å². The lowest BCUT2D eigenvalue weighted by Crippen LogP contribution is -2.16. The Morgan fingerprint density at radius 3 is 3.00 bits per heavy atom. The van der Waals surface area contributed by atoms with Gasteiger partial charge in [0.25, 0.3) is 0 Å².